The number of carbonyl (C=O) groups is 1. The van der Waals surface area contributed by atoms with E-state index in [2.05, 4.69) is 15.3 Å². The zero-order chi connectivity index (χ0) is 19.2. The van der Waals surface area contributed by atoms with Gasteiger partial charge in [0.05, 0.1) is 40.6 Å². The number of nitrogens with one attached hydrogen (secondary N) is 1. The van der Waals surface area contributed by atoms with Crippen molar-refractivity contribution in [3.05, 3.63) is 47.0 Å². The number of anilines is 1. The van der Waals surface area contributed by atoms with Gasteiger partial charge < -0.3 is 19.7 Å². The summed E-state index contributed by atoms with van der Waals surface area (Å²) >= 11 is 12.5. The van der Waals surface area contributed by atoms with Crippen LogP contribution in [0.25, 0.3) is 16.6 Å². The number of hydrogen-bond acceptors (Lipinski definition) is 5. The van der Waals surface area contributed by atoms with Gasteiger partial charge in [-0.1, -0.05) is 23.2 Å². The van der Waals surface area contributed by atoms with Gasteiger partial charge in [0, 0.05) is 37.0 Å². The Morgan fingerprint density at radius 2 is 2.15 bits per heavy atom. The second-order valence-electron chi connectivity index (χ2n) is 5.79. The Balaban J connectivity index is 1.74. The number of hydrogen-bond donors (Lipinski definition) is 2. The molecule has 9 heteroatoms. The molecule has 2 N–H and O–H groups in total. The van der Waals surface area contributed by atoms with Crippen LogP contribution in [0.4, 0.5) is 5.82 Å². The second-order valence-corrected chi connectivity index (χ2v) is 6.58. The number of carboxylic acid groups (broad SMARTS) is 1. The number of aliphatic carboxylic acids is 1. The Hall–Kier alpha value is -2.35. The van der Waals surface area contributed by atoms with Gasteiger partial charge in [-0.05, 0) is 18.6 Å². The van der Waals surface area contributed by atoms with Crippen LogP contribution in [0.5, 0.6) is 0 Å². The van der Waals surface area contributed by atoms with E-state index in [1.54, 1.807) is 18.6 Å². The van der Waals surface area contributed by atoms with Crippen molar-refractivity contribution >= 4 is 45.9 Å². The lowest BCUT2D eigenvalue weighted by Crippen LogP contribution is -2.09. The van der Waals surface area contributed by atoms with Gasteiger partial charge in [-0.25, -0.2) is 9.97 Å². The Labute approximate surface area is 165 Å². The third-order valence-electron chi connectivity index (χ3n) is 3.87. The smallest absolute Gasteiger partial charge is 0.305 e. The van der Waals surface area contributed by atoms with Crippen molar-refractivity contribution in [2.75, 3.05) is 25.1 Å². The minimum Gasteiger partial charge on any atom is -0.481 e. The molecule has 1 aromatic carbocycles. The van der Waals surface area contributed by atoms with Gasteiger partial charge in [0.25, 0.3) is 0 Å². The minimum absolute atomic E-state index is 0.00713. The lowest BCUT2D eigenvalue weighted by Gasteiger charge is -2.13. The summed E-state index contributed by atoms with van der Waals surface area (Å²) in [5.74, 6) is -0.211. The fraction of sp³-hybridized carbons (Fsp3) is 0.278. The first-order valence-corrected chi connectivity index (χ1v) is 9.12. The van der Waals surface area contributed by atoms with E-state index in [1.165, 1.54) is 0 Å². The molecule has 0 saturated heterocycles. The number of ether oxygens (including phenoxy) is 1. The average molecular weight is 409 g/mol. The van der Waals surface area contributed by atoms with E-state index in [0.29, 0.717) is 41.0 Å². The van der Waals surface area contributed by atoms with Gasteiger partial charge >= 0.3 is 5.97 Å². The molecule has 0 bridgehead atoms. The summed E-state index contributed by atoms with van der Waals surface area (Å²) < 4.78 is 7.16. The lowest BCUT2D eigenvalue weighted by molar-refractivity contribution is -0.138. The van der Waals surface area contributed by atoms with Gasteiger partial charge in [0.2, 0.25) is 0 Å². The van der Waals surface area contributed by atoms with Crippen LogP contribution in [0, 0.1) is 0 Å². The summed E-state index contributed by atoms with van der Waals surface area (Å²) in [7, 11) is 0. The normalized spacial score (nSPS) is 11.0. The molecule has 0 aliphatic rings. The first-order chi connectivity index (χ1) is 13.1. The molecule has 3 aromatic rings. The zero-order valence-corrected chi connectivity index (χ0v) is 15.9. The van der Waals surface area contributed by atoms with Crippen molar-refractivity contribution in [2.45, 2.75) is 12.8 Å². The van der Waals surface area contributed by atoms with E-state index in [9.17, 15) is 4.79 Å². The number of fused-ring (bicyclic) bond motifs is 1. The molecular weight excluding hydrogens is 391 g/mol. The number of aromatic nitrogens is 3. The quantitative estimate of drug-likeness (QED) is 0.519. The van der Waals surface area contributed by atoms with Crippen molar-refractivity contribution in [3.8, 4) is 5.69 Å². The van der Waals surface area contributed by atoms with Gasteiger partial charge in [0.15, 0.2) is 0 Å². The summed E-state index contributed by atoms with van der Waals surface area (Å²) in [5.41, 5.74) is 1.49. The first kappa shape index (κ1) is 19.4. The third kappa shape index (κ3) is 4.88. The summed E-state index contributed by atoms with van der Waals surface area (Å²) in [6.07, 6.45) is 5.97. The Morgan fingerprint density at radius 1 is 1.30 bits per heavy atom. The zero-order valence-electron chi connectivity index (χ0n) is 14.4. The van der Waals surface area contributed by atoms with Crippen molar-refractivity contribution in [2.24, 2.45) is 0 Å². The Bertz CT molecular complexity index is 932. The molecule has 27 heavy (non-hydrogen) atoms. The molecule has 0 fully saturated rings. The molecule has 7 nitrogen and oxygen atoms in total. The monoisotopic (exact) mass is 408 g/mol. The maximum Gasteiger partial charge on any atom is 0.305 e. The highest BCUT2D eigenvalue weighted by atomic mass is 35.5. The van der Waals surface area contributed by atoms with Gasteiger partial charge in [-0.15, -0.1) is 0 Å². The molecule has 2 heterocycles. The fourth-order valence-corrected chi connectivity index (χ4v) is 2.93. The molecule has 0 radical (unpaired) electrons. The number of carboxylic acids is 1. The highest BCUT2D eigenvalue weighted by molar-refractivity contribution is 6.45. The molecular formula is C18H18Cl2N4O3. The van der Waals surface area contributed by atoms with Crippen LogP contribution in [0.3, 0.4) is 0 Å². The molecule has 0 spiro atoms. The largest absolute Gasteiger partial charge is 0.481 e. The molecule has 3 rings (SSSR count). The van der Waals surface area contributed by atoms with Crippen LogP contribution in [0.15, 0.2) is 36.9 Å². The van der Waals surface area contributed by atoms with Crippen LogP contribution in [-0.4, -0.2) is 45.4 Å². The van der Waals surface area contributed by atoms with E-state index < -0.39 is 5.97 Å². The number of pyridine rings is 1. The topological polar surface area (TPSA) is 89.3 Å². The molecule has 0 amide bonds. The van der Waals surface area contributed by atoms with Crippen LogP contribution < -0.4 is 5.32 Å². The number of imidazole rings is 1. The lowest BCUT2D eigenvalue weighted by atomic mass is 10.1. The first-order valence-electron chi connectivity index (χ1n) is 8.37. The molecule has 0 aliphatic carbocycles. The number of benzene rings is 1. The maximum absolute atomic E-state index is 10.4. The SMILES string of the molecule is O=C(O)CCOCCCNc1cc(-n2ccnc2)c2ccc(Cl)c(Cl)c2n1. The molecule has 0 saturated carbocycles. The summed E-state index contributed by atoms with van der Waals surface area (Å²) in [4.78, 5) is 19.1. The van der Waals surface area contributed by atoms with E-state index in [0.717, 1.165) is 11.1 Å². The summed E-state index contributed by atoms with van der Waals surface area (Å²) in [6, 6.07) is 5.54. The summed E-state index contributed by atoms with van der Waals surface area (Å²) in [6.45, 7) is 1.30. The van der Waals surface area contributed by atoms with E-state index in [-0.39, 0.29) is 13.0 Å². The fourth-order valence-electron chi connectivity index (χ4n) is 2.57. The molecule has 2 aromatic heterocycles. The van der Waals surface area contributed by atoms with Crippen LogP contribution in [0.1, 0.15) is 12.8 Å². The Kier molecular flexibility index (Phi) is 6.49. The van der Waals surface area contributed by atoms with Crippen LogP contribution in [0.2, 0.25) is 10.0 Å². The van der Waals surface area contributed by atoms with Gasteiger partial charge in [-0.3, -0.25) is 4.79 Å². The number of nitrogens with zero attached hydrogens (tertiary/aromatic N) is 3. The average Bonchev–Trinajstić information content (AvgIpc) is 3.18. The standard InChI is InChI=1S/C18H18Cl2N4O3/c19-13-3-2-12-14(24-7-6-21-11-24)10-15(23-18(12)17(13)20)22-5-1-8-27-9-4-16(25)26/h2-3,6-7,10-11H,1,4-5,8-9H2,(H,22,23)(H,25,26). The molecule has 0 aliphatic heterocycles. The van der Waals surface area contributed by atoms with Gasteiger partial charge in [0.1, 0.15) is 5.82 Å². The number of halogens is 2. The van der Waals surface area contributed by atoms with Crippen molar-refractivity contribution < 1.29 is 14.6 Å². The van der Waals surface area contributed by atoms with Crippen molar-refractivity contribution in [1.82, 2.24) is 14.5 Å². The van der Waals surface area contributed by atoms with Crippen molar-refractivity contribution in [3.63, 3.8) is 0 Å². The maximum atomic E-state index is 10.4. The predicted octanol–water partition coefficient (Wildman–Crippen LogP) is 4.02. The predicted molar refractivity (Wildman–Crippen MR) is 105 cm³/mol. The van der Waals surface area contributed by atoms with E-state index in [4.69, 9.17) is 33.0 Å². The summed E-state index contributed by atoms with van der Waals surface area (Å²) in [5, 5.41) is 13.5. The molecule has 142 valence electrons. The van der Waals surface area contributed by atoms with E-state index in [1.807, 2.05) is 22.9 Å². The Morgan fingerprint density at radius 3 is 2.89 bits per heavy atom. The van der Waals surface area contributed by atoms with E-state index >= 15 is 0 Å². The van der Waals surface area contributed by atoms with Gasteiger partial charge in [-0.2, -0.15) is 0 Å². The molecule has 0 unspecified atom stereocenters. The van der Waals surface area contributed by atoms with Crippen LogP contribution >= 0.6 is 23.2 Å². The highest BCUT2D eigenvalue weighted by Crippen LogP contribution is 2.33. The van der Waals surface area contributed by atoms with Crippen LogP contribution in [-0.2, 0) is 9.53 Å². The third-order valence-corrected chi connectivity index (χ3v) is 4.66. The van der Waals surface area contributed by atoms with Crippen molar-refractivity contribution in [1.29, 1.82) is 0 Å². The second kappa shape index (κ2) is 9.03. The number of rotatable bonds is 9. The highest BCUT2D eigenvalue weighted by Gasteiger charge is 2.12. The minimum atomic E-state index is -0.865. The molecule has 0 atom stereocenters.